The molecule has 16 aromatic carbocycles. The first-order chi connectivity index (χ1) is 58.2. The first-order valence-corrected chi connectivity index (χ1v) is 55.9. The zero-order chi connectivity index (χ0) is 86.5. The fourth-order valence-electron chi connectivity index (χ4n) is 17.8. The van der Waals surface area contributed by atoms with Gasteiger partial charge in [-0.1, -0.05) is 390 Å². The molecule has 0 aliphatic rings. The number of aryl methyl sites for hydroxylation is 16. The average molecular weight is 1910 g/mol. The molecule has 0 radical (unpaired) electrons. The molecular formula is C110H111Cl4NP4Ru2. The molecule has 16 aromatic rings. The van der Waals surface area contributed by atoms with Gasteiger partial charge in [0, 0.05) is 0 Å². The van der Waals surface area contributed by atoms with Gasteiger partial charge in [0.15, 0.2) is 0 Å². The summed E-state index contributed by atoms with van der Waals surface area (Å²) in [6.45, 7) is 46.1. The van der Waals surface area contributed by atoms with Crippen molar-refractivity contribution < 1.29 is 30.3 Å². The van der Waals surface area contributed by atoms with Crippen molar-refractivity contribution in [2.45, 2.75) is 132 Å². The Labute approximate surface area is 758 Å². The molecule has 0 saturated carbocycles. The van der Waals surface area contributed by atoms with Crippen LogP contribution in [-0.2, 0) is 30.3 Å². The Morgan fingerprint density at radius 1 is 0.207 bits per heavy atom. The summed E-state index contributed by atoms with van der Waals surface area (Å²) in [4.78, 5) is 2.38. The Kier molecular flexibility index (Phi) is 33.0. The molecule has 2 atom stereocenters. The summed E-state index contributed by atoms with van der Waals surface area (Å²) < 4.78 is 0. The molecule has 16 rings (SSSR count). The predicted octanol–water partition coefficient (Wildman–Crippen LogP) is 27.4. The van der Waals surface area contributed by atoms with Crippen LogP contribution in [0.15, 0.2) is 291 Å². The van der Waals surface area contributed by atoms with E-state index in [1.54, 1.807) is 0 Å². The molecule has 0 aliphatic heterocycles. The number of nitrogens with zero attached hydrogens (tertiary/aromatic N) is 1. The third kappa shape index (κ3) is 22.3. The molecule has 1 nitrogen and oxygen atoms in total. The van der Waals surface area contributed by atoms with Crippen LogP contribution in [0, 0.1) is 111 Å². The minimum absolute atomic E-state index is 0.346. The molecule has 0 aromatic heterocycles. The van der Waals surface area contributed by atoms with E-state index >= 15 is 0 Å². The summed E-state index contributed by atoms with van der Waals surface area (Å²) in [5.74, 6) is 0. The van der Waals surface area contributed by atoms with Gasteiger partial charge in [-0.3, -0.25) is 0 Å². The molecular weight excluding hydrogens is 1800 g/mol. The van der Waals surface area contributed by atoms with Crippen molar-refractivity contribution in [2.24, 2.45) is 0 Å². The Morgan fingerprint density at radius 2 is 0.388 bits per heavy atom. The number of rotatable bonds is 17. The quantitative estimate of drug-likeness (QED) is 0.0649. The molecule has 2 unspecified atom stereocenters. The van der Waals surface area contributed by atoms with E-state index in [2.05, 4.69) is 428 Å². The zero-order valence-electron chi connectivity index (χ0n) is 73.3. The van der Waals surface area contributed by atoms with Crippen LogP contribution in [0.3, 0.4) is 0 Å². The Morgan fingerprint density at radius 3 is 0.579 bits per heavy atom. The van der Waals surface area contributed by atoms with Crippen molar-refractivity contribution in [1.82, 2.24) is 4.90 Å². The minimum atomic E-state index is -0.938. The van der Waals surface area contributed by atoms with Gasteiger partial charge in [0.05, 0.1) is 0 Å². The van der Waals surface area contributed by atoms with Crippen molar-refractivity contribution >= 4 is 177 Å². The molecule has 0 N–H and O–H groups in total. The van der Waals surface area contributed by atoms with Crippen LogP contribution in [0.4, 0.5) is 0 Å². The van der Waals surface area contributed by atoms with Crippen molar-refractivity contribution in [3.63, 3.8) is 0 Å². The molecule has 0 bridgehead atoms. The van der Waals surface area contributed by atoms with Gasteiger partial charge in [-0.2, -0.15) is 0 Å². The van der Waals surface area contributed by atoms with Gasteiger partial charge >= 0.3 is 69.1 Å². The van der Waals surface area contributed by atoms with Crippen LogP contribution >= 0.6 is 70.5 Å². The zero-order valence-corrected chi connectivity index (χ0v) is 83.4. The van der Waals surface area contributed by atoms with Gasteiger partial charge in [-0.05, 0) is 302 Å². The normalized spacial score (nSPS) is 11.8. The van der Waals surface area contributed by atoms with Crippen LogP contribution in [0.2, 0.25) is 0 Å². The first-order valence-electron chi connectivity index (χ1n) is 41.6. The second-order valence-electron chi connectivity index (χ2n) is 32.4. The Bertz CT molecular complexity index is 5780. The third-order valence-electron chi connectivity index (χ3n) is 22.4. The summed E-state index contributed by atoms with van der Waals surface area (Å²) in [6.07, 6.45) is 0. The first kappa shape index (κ1) is 92.8. The molecule has 620 valence electrons. The summed E-state index contributed by atoms with van der Waals surface area (Å²) >= 11 is -0.691. The van der Waals surface area contributed by atoms with Crippen LogP contribution < -0.4 is 63.7 Å². The number of fused-ring (bicyclic) bond motifs is 4. The summed E-state index contributed by atoms with van der Waals surface area (Å²) in [5.41, 5.74) is 26.5. The molecule has 121 heavy (non-hydrogen) atoms. The fraction of sp³-hybridized carbons (Fsp3) is 0.200. The summed E-state index contributed by atoms with van der Waals surface area (Å²) in [7, 11) is 15.7. The molecule has 0 amide bonds. The van der Waals surface area contributed by atoms with E-state index in [9.17, 15) is 0 Å². The van der Waals surface area contributed by atoms with E-state index in [1.165, 1.54) is 238 Å². The molecule has 0 fully saturated rings. The Balaban J connectivity index is 0.000000194. The number of halogens is 4. The van der Waals surface area contributed by atoms with Gasteiger partial charge < -0.3 is 4.90 Å². The van der Waals surface area contributed by atoms with Crippen LogP contribution in [0.5, 0.6) is 0 Å². The summed E-state index contributed by atoms with van der Waals surface area (Å²) in [6, 6.07) is 113. The number of benzene rings is 16. The van der Waals surface area contributed by atoms with E-state index in [0.29, 0.717) is 0 Å². The molecule has 0 aliphatic carbocycles. The van der Waals surface area contributed by atoms with Gasteiger partial charge in [0.2, 0.25) is 0 Å². The van der Waals surface area contributed by atoms with Gasteiger partial charge in [-0.15, -0.1) is 0 Å². The van der Waals surface area contributed by atoms with E-state index in [1.807, 2.05) is 0 Å². The van der Waals surface area contributed by atoms with Crippen molar-refractivity contribution in [2.75, 3.05) is 19.6 Å². The van der Waals surface area contributed by atoms with Crippen molar-refractivity contribution in [3.8, 4) is 22.3 Å². The predicted molar refractivity (Wildman–Crippen MR) is 541 cm³/mol. The van der Waals surface area contributed by atoms with Crippen molar-refractivity contribution in [1.29, 1.82) is 0 Å². The topological polar surface area (TPSA) is 3.24 Å². The van der Waals surface area contributed by atoms with E-state index in [4.69, 9.17) is 38.8 Å². The van der Waals surface area contributed by atoms with E-state index in [-0.39, 0.29) is 30.3 Å². The van der Waals surface area contributed by atoms with Crippen LogP contribution in [-0.4, -0.2) is 24.5 Å². The number of hydrogen-bond donors (Lipinski definition) is 0. The average Bonchev–Trinajstić information content (AvgIpc) is 0.731. The molecule has 11 heteroatoms. The molecule has 0 saturated heterocycles. The second-order valence-corrected chi connectivity index (χ2v) is 46.4. The summed E-state index contributed by atoms with van der Waals surface area (Å²) in [5, 5.41) is 27.2. The monoisotopic (exact) mass is 1910 g/mol. The maximum atomic E-state index is 4.85. The maximum absolute atomic E-state index is 4.85. The third-order valence-corrected chi connectivity index (χ3v) is 32.4. The molecule has 0 spiro atoms. The molecule has 0 heterocycles. The van der Waals surface area contributed by atoms with Gasteiger partial charge in [-0.25, -0.2) is 0 Å². The Hall–Kier alpha value is -7.35. The standard InChI is InChI=1S/2C52H48P2.C6H15N.4ClH.2Ru/c2*1-33-17-20-48(40(8)26-33)54(45-31-38(6)25-39(7)32-45)50-22-19-42-14-10-12-16-47(42)52(50)51-46-15-11-9-13-41(46)18-21-49(51)53(43-27-34(2)23-35(3)28-43)44-29-36(4)24-37(5)30-44;1-4-7(5-2)6-3;;;;;;/h2*9-32H,1-8H3;4-6H2,1-3H3;4*1H;;/q;;;;;;;2*+2/p-4. The van der Waals surface area contributed by atoms with E-state index < -0.39 is 31.7 Å². The number of hydrogen-bond acceptors (Lipinski definition) is 1. The van der Waals surface area contributed by atoms with Gasteiger partial charge in [0.25, 0.3) is 0 Å². The SMILES string of the molecule is CCN(CC)CC.Cc1cc(C)cc(P(c2cc(C)cc(C)c2)c2ccc3ccccc3c2-c2c(P(c3cc(C)cc(C)c3)c3ccc(C)cc3C)ccc3ccccc23)c1.Cc1cc(C)cc(P(c2cc(C)cc(C)c2)c2ccc3ccccc3c2-c2c(P(c3cc(C)cc(C)c3)c3ccc(C)cc3C)ccc3ccccc23)c1.[Cl][Ru][Cl].[Cl][Ru][Cl]. The van der Waals surface area contributed by atoms with Crippen molar-refractivity contribution in [3.05, 3.63) is 380 Å². The van der Waals surface area contributed by atoms with E-state index in [0.717, 1.165) is 0 Å². The fourth-order valence-corrected chi connectivity index (χ4v) is 29.1. The van der Waals surface area contributed by atoms with Crippen LogP contribution in [0.25, 0.3) is 65.3 Å². The second kappa shape index (κ2) is 43.0. The van der Waals surface area contributed by atoms with Crippen LogP contribution in [0.1, 0.15) is 110 Å². The van der Waals surface area contributed by atoms with Gasteiger partial charge in [0.1, 0.15) is 0 Å².